The van der Waals surface area contributed by atoms with Gasteiger partial charge in [-0.1, -0.05) is 77.5 Å². The molecule has 1 aliphatic heterocycles. The van der Waals surface area contributed by atoms with E-state index in [1.165, 1.54) is 5.56 Å². The molecule has 1 saturated heterocycles. The number of aryl methyl sites for hydroxylation is 1. The largest absolute Gasteiger partial charge is 0.338 e. The normalized spacial score (nSPS) is 14.5. The number of aromatic nitrogens is 2. The Balaban J connectivity index is 1.17. The van der Waals surface area contributed by atoms with Gasteiger partial charge in [-0.2, -0.15) is 4.98 Å². The van der Waals surface area contributed by atoms with Crippen molar-refractivity contribution in [2.24, 2.45) is 5.92 Å². The number of carbonyl (C=O) groups is 2. The van der Waals surface area contributed by atoms with Gasteiger partial charge in [0.2, 0.25) is 17.6 Å². The van der Waals surface area contributed by atoms with Crippen molar-refractivity contribution in [2.75, 3.05) is 18.4 Å². The Morgan fingerprint density at radius 3 is 2.39 bits per heavy atom. The molecule has 7 nitrogen and oxygen atoms in total. The molecule has 0 radical (unpaired) electrons. The van der Waals surface area contributed by atoms with Crippen LogP contribution in [0.3, 0.4) is 0 Å². The van der Waals surface area contributed by atoms with Gasteiger partial charge in [0, 0.05) is 22.6 Å². The summed E-state index contributed by atoms with van der Waals surface area (Å²) in [4.78, 5) is 32.8. The van der Waals surface area contributed by atoms with Gasteiger partial charge in [0.25, 0.3) is 0 Å². The molecule has 1 fully saturated rings. The summed E-state index contributed by atoms with van der Waals surface area (Å²) in [5, 5.41) is 7.11. The molecule has 1 aliphatic rings. The summed E-state index contributed by atoms with van der Waals surface area (Å²) in [5.41, 5.74) is 3.75. The maximum Gasteiger partial charge on any atom is 0.241 e. The van der Waals surface area contributed by atoms with Crippen molar-refractivity contribution in [3.63, 3.8) is 0 Å². The minimum absolute atomic E-state index is 0.0533. The quantitative estimate of drug-likeness (QED) is 0.369. The van der Waals surface area contributed by atoms with Gasteiger partial charge in [-0.05, 0) is 45.0 Å². The number of nitrogens with zero attached hydrogens (tertiary/aromatic N) is 3. The number of rotatable bonds is 7. The van der Waals surface area contributed by atoms with Crippen molar-refractivity contribution in [3.05, 3.63) is 101 Å². The first-order chi connectivity index (χ1) is 17.6. The Kier molecular flexibility index (Phi) is 7.00. The minimum atomic E-state index is -0.119. The van der Waals surface area contributed by atoms with E-state index < -0.39 is 0 Å². The highest BCUT2D eigenvalue weighted by molar-refractivity contribution is 6.13. The lowest BCUT2D eigenvalue weighted by Crippen LogP contribution is -2.38. The van der Waals surface area contributed by atoms with E-state index in [1.54, 1.807) is 24.3 Å². The Bertz CT molecular complexity index is 1340. The number of likely N-dealkylation sites (tertiary alicyclic amines) is 1. The predicted octanol–water partition coefficient (Wildman–Crippen LogP) is 5.13. The topological polar surface area (TPSA) is 88.3 Å². The van der Waals surface area contributed by atoms with Crippen LogP contribution in [-0.4, -0.2) is 39.8 Å². The fraction of sp³-hybridized carbons (Fsp3) is 0.241. The molecule has 1 amide bonds. The number of anilines is 1. The highest BCUT2D eigenvalue weighted by atomic mass is 16.5. The second kappa shape index (κ2) is 10.7. The lowest BCUT2D eigenvalue weighted by Gasteiger charge is -2.30. The molecule has 5 rings (SSSR count). The summed E-state index contributed by atoms with van der Waals surface area (Å²) >= 11 is 0. The van der Waals surface area contributed by atoms with E-state index in [1.807, 2.05) is 61.5 Å². The molecule has 2 heterocycles. The molecule has 0 saturated carbocycles. The smallest absolute Gasteiger partial charge is 0.241 e. The molecule has 0 unspecified atom stereocenters. The van der Waals surface area contributed by atoms with Crippen LogP contribution in [0.2, 0.25) is 0 Å². The van der Waals surface area contributed by atoms with Gasteiger partial charge in [-0.25, -0.2) is 0 Å². The van der Waals surface area contributed by atoms with E-state index in [9.17, 15) is 9.59 Å². The zero-order valence-corrected chi connectivity index (χ0v) is 20.2. The standard InChI is InChI=1S/C29H28N4O3/c1-20-11-13-22(14-12-20)28-31-26(36-32-28)19-33-17-15-23(16-18-33)29(35)30-25-10-6-5-9-24(25)27(34)21-7-3-2-4-8-21/h2-14,23H,15-19H2,1H3,(H,30,35). The highest BCUT2D eigenvalue weighted by Gasteiger charge is 2.27. The second-order valence-electron chi connectivity index (χ2n) is 9.16. The van der Waals surface area contributed by atoms with Gasteiger partial charge in [-0.15, -0.1) is 0 Å². The average molecular weight is 481 g/mol. The monoisotopic (exact) mass is 480 g/mol. The lowest BCUT2D eigenvalue weighted by molar-refractivity contribution is -0.121. The summed E-state index contributed by atoms with van der Waals surface area (Å²) in [6.45, 7) is 4.11. The molecule has 0 aliphatic carbocycles. The third-order valence-electron chi connectivity index (χ3n) is 6.56. The van der Waals surface area contributed by atoms with Crippen molar-refractivity contribution in [2.45, 2.75) is 26.3 Å². The number of hydrogen-bond donors (Lipinski definition) is 1. The zero-order chi connectivity index (χ0) is 24.9. The van der Waals surface area contributed by atoms with Gasteiger partial charge in [0.15, 0.2) is 5.78 Å². The fourth-order valence-corrected chi connectivity index (χ4v) is 4.45. The SMILES string of the molecule is Cc1ccc(-c2noc(CN3CCC(C(=O)Nc4ccccc4C(=O)c4ccccc4)CC3)n2)cc1. The van der Waals surface area contributed by atoms with Crippen LogP contribution < -0.4 is 5.32 Å². The van der Waals surface area contributed by atoms with Crippen LogP contribution >= 0.6 is 0 Å². The zero-order valence-electron chi connectivity index (χ0n) is 20.2. The molecule has 1 N–H and O–H groups in total. The van der Waals surface area contributed by atoms with Crippen molar-refractivity contribution < 1.29 is 14.1 Å². The molecule has 0 atom stereocenters. The number of carbonyl (C=O) groups excluding carboxylic acids is 2. The van der Waals surface area contributed by atoms with Crippen LogP contribution in [0.15, 0.2) is 83.4 Å². The second-order valence-corrected chi connectivity index (χ2v) is 9.16. The Morgan fingerprint density at radius 2 is 1.64 bits per heavy atom. The van der Waals surface area contributed by atoms with Crippen molar-refractivity contribution in [1.29, 1.82) is 0 Å². The molecular weight excluding hydrogens is 452 g/mol. The van der Waals surface area contributed by atoms with E-state index in [-0.39, 0.29) is 17.6 Å². The number of ketones is 1. The number of benzene rings is 3. The van der Waals surface area contributed by atoms with E-state index in [4.69, 9.17) is 4.52 Å². The summed E-state index contributed by atoms with van der Waals surface area (Å²) in [6.07, 6.45) is 1.44. The van der Waals surface area contributed by atoms with Gasteiger partial charge in [-0.3, -0.25) is 14.5 Å². The molecule has 1 aromatic heterocycles. The molecule has 0 bridgehead atoms. The van der Waals surface area contributed by atoms with Crippen LogP contribution in [0.4, 0.5) is 5.69 Å². The minimum Gasteiger partial charge on any atom is -0.338 e. The molecule has 3 aromatic carbocycles. The van der Waals surface area contributed by atoms with Crippen LogP contribution in [0.25, 0.3) is 11.4 Å². The summed E-state index contributed by atoms with van der Waals surface area (Å²) < 4.78 is 5.46. The van der Waals surface area contributed by atoms with Crippen molar-refractivity contribution in [1.82, 2.24) is 15.0 Å². The Labute approximate surface area is 210 Å². The first-order valence-corrected chi connectivity index (χ1v) is 12.2. The van der Waals surface area contributed by atoms with E-state index in [0.717, 1.165) is 31.5 Å². The van der Waals surface area contributed by atoms with Crippen LogP contribution in [0.1, 0.15) is 40.2 Å². The Morgan fingerprint density at radius 1 is 0.944 bits per heavy atom. The summed E-state index contributed by atoms with van der Waals surface area (Å²) in [5.74, 6) is 0.880. The molecular formula is C29H28N4O3. The van der Waals surface area contributed by atoms with Gasteiger partial charge >= 0.3 is 0 Å². The molecule has 182 valence electrons. The first-order valence-electron chi connectivity index (χ1n) is 12.2. The van der Waals surface area contributed by atoms with Gasteiger partial charge in [0.05, 0.1) is 12.2 Å². The number of nitrogens with one attached hydrogen (secondary N) is 1. The molecule has 7 heteroatoms. The maximum atomic E-state index is 13.0. The maximum absolute atomic E-state index is 13.0. The van der Waals surface area contributed by atoms with Crippen LogP contribution in [-0.2, 0) is 11.3 Å². The summed E-state index contributed by atoms with van der Waals surface area (Å²) in [7, 11) is 0. The van der Waals surface area contributed by atoms with Crippen molar-refractivity contribution >= 4 is 17.4 Å². The van der Waals surface area contributed by atoms with Crippen LogP contribution in [0, 0.1) is 12.8 Å². The van der Waals surface area contributed by atoms with E-state index in [0.29, 0.717) is 35.1 Å². The summed E-state index contributed by atoms with van der Waals surface area (Å²) in [6, 6.07) is 24.3. The third-order valence-corrected chi connectivity index (χ3v) is 6.56. The van der Waals surface area contributed by atoms with E-state index >= 15 is 0 Å². The molecule has 0 spiro atoms. The average Bonchev–Trinajstić information content (AvgIpc) is 3.38. The number of hydrogen-bond acceptors (Lipinski definition) is 6. The van der Waals surface area contributed by atoms with Crippen molar-refractivity contribution in [3.8, 4) is 11.4 Å². The fourth-order valence-electron chi connectivity index (χ4n) is 4.45. The predicted molar refractivity (Wildman–Crippen MR) is 137 cm³/mol. The molecule has 4 aromatic rings. The van der Waals surface area contributed by atoms with Gasteiger partial charge in [0.1, 0.15) is 0 Å². The highest BCUT2D eigenvalue weighted by Crippen LogP contribution is 2.24. The first kappa shape index (κ1) is 23.6. The lowest BCUT2D eigenvalue weighted by atomic mass is 9.95. The Hall–Kier alpha value is -4.10. The number of piperidine rings is 1. The number of amides is 1. The van der Waals surface area contributed by atoms with Crippen LogP contribution in [0.5, 0.6) is 0 Å². The number of para-hydroxylation sites is 1. The van der Waals surface area contributed by atoms with Gasteiger partial charge < -0.3 is 9.84 Å². The molecule has 36 heavy (non-hydrogen) atoms. The third kappa shape index (κ3) is 5.42. The van der Waals surface area contributed by atoms with E-state index in [2.05, 4.69) is 20.4 Å².